The minimum absolute atomic E-state index is 0.0695. The van der Waals surface area contributed by atoms with Crippen LogP contribution in [-0.4, -0.2) is 34.3 Å². The van der Waals surface area contributed by atoms with E-state index in [1.807, 2.05) is 6.07 Å². The van der Waals surface area contributed by atoms with Crippen LogP contribution in [-0.2, 0) is 32.9 Å². The summed E-state index contributed by atoms with van der Waals surface area (Å²) in [6.07, 6.45) is 4.01. The first-order chi connectivity index (χ1) is 12.3. The Bertz CT molecular complexity index is 997. The SMILES string of the molecule is Cc1cc(NS(=O)(=O)CCNS(=O)(=O)c2ccc3c(c2)CCCC3)no1. The number of hydrogen-bond donors (Lipinski definition) is 2. The van der Waals surface area contributed by atoms with E-state index in [0.717, 1.165) is 31.2 Å². The maximum absolute atomic E-state index is 12.4. The summed E-state index contributed by atoms with van der Waals surface area (Å²) < 4.78 is 58.2. The minimum atomic E-state index is -3.76. The summed E-state index contributed by atoms with van der Waals surface area (Å²) in [7, 11) is -7.50. The Labute approximate surface area is 153 Å². The molecule has 1 aromatic heterocycles. The number of aromatic nitrogens is 1. The van der Waals surface area contributed by atoms with Crippen LogP contribution in [0.3, 0.4) is 0 Å². The van der Waals surface area contributed by atoms with E-state index in [2.05, 4.69) is 14.6 Å². The Balaban J connectivity index is 1.61. The molecular formula is C16H21N3O5S2. The quantitative estimate of drug-likeness (QED) is 0.730. The van der Waals surface area contributed by atoms with Crippen molar-refractivity contribution < 1.29 is 21.4 Å². The van der Waals surface area contributed by atoms with Crippen molar-refractivity contribution in [3.63, 3.8) is 0 Å². The minimum Gasteiger partial charge on any atom is -0.360 e. The van der Waals surface area contributed by atoms with Crippen LogP contribution in [0, 0.1) is 6.92 Å². The van der Waals surface area contributed by atoms with Crippen molar-refractivity contribution in [2.45, 2.75) is 37.5 Å². The van der Waals surface area contributed by atoms with Gasteiger partial charge in [0, 0.05) is 12.6 Å². The Hall–Kier alpha value is -1.91. The summed E-state index contributed by atoms with van der Waals surface area (Å²) in [6.45, 7) is 1.39. The second-order valence-corrected chi connectivity index (χ2v) is 9.89. The van der Waals surface area contributed by atoms with Crippen molar-refractivity contribution in [1.82, 2.24) is 9.88 Å². The molecule has 0 radical (unpaired) electrons. The number of benzene rings is 1. The van der Waals surface area contributed by atoms with E-state index in [1.54, 1.807) is 19.1 Å². The number of aryl methyl sites for hydroxylation is 3. The lowest BCUT2D eigenvalue weighted by Crippen LogP contribution is -2.31. The van der Waals surface area contributed by atoms with Gasteiger partial charge in [-0.3, -0.25) is 4.72 Å². The van der Waals surface area contributed by atoms with Crippen molar-refractivity contribution in [3.8, 4) is 0 Å². The lowest BCUT2D eigenvalue weighted by atomic mass is 9.92. The number of fused-ring (bicyclic) bond motifs is 1. The fourth-order valence-corrected chi connectivity index (χ4v) is 4.99. The Morgan fingerprint density at radius 1 is 1.08 bits per heavy atom. The van der Waals surface area contributed by atoms with Gasteiger partial charge in [0.25, 0.3) is 0 Å². The smallest absolute Gasteiger partial charge is 0.240 e. The summed E-state index contributed by atoms with van der Waals surface area (Å²) in [5, 5.41) is 3.54. The molecule has 26 heavy (non-hydrogen) atoms. The number of anilines is 1. The van der Waals surface area contributed by atoms with Gasteiger partial charge in [-0.2, -0.15) is 0 Å². The summed E-state index contributed by atoms with van der Waals surface area (Å²) >= 11 is 0. The van der Waals surface area contributed by atoms with E-state index in [4.69, 9.17) is 4.52 Å². The second kappa shape index (κ2) is 7.37. The van der Waals surface area contributed by atoms with Crippen molar-refractivity contribution in [3.05, 3.63) is 41.2 Å². The zero-order valence-electron chi connectivity index (χ0n) is 14.4. The molecule has 3 rings (SSSR count). The van der Waals surface area contributed by atoms with Crippen LogP contribution in [0.15, 0.2) is 33.7 Å². The van der Waals surface area contributed by atoms with Gasteiger partial charge >= 0.3 is 0 Å². The van der Waals surface area contributed by atoms with E-state index in [-0.39, 0.29) is 17.3 Å². The first-order valence-corrected chi connectivity index (χ1v) is 11.4. The van der Waals surface area contributed by atoms with Gasteiger partial charge in [-0.15, -0.1) is 0 Å². The van der Waals surface area contributed by atoms with Gasteiger partial charge in [0.1, 0.15) is 5.76 Å². The number of rotatable bonds is 7. The van der Waals surface area contributed by atoms with Gasteiger partial charge in [-0.1, -0.05) is 11.2 Å². The third kappa shape index (κ3) is 4.63. The molecule has 0 saturated heterocycles. The third-order valence-electron chi connectivity index (χ3n) is 4.18. The zero-order chi connectivity index (χ0) is 18.8. The molecule has 0 bridgehead atoms. The fraction of sp³-hybridized carbons (Fsp3) is 0.438. The number of hydrogen-bond acceptors (Lipinski definition) is 6. The molecule has 0 spiro atoms. The Morgan fingerprint density at radius 2 is 1.81 bits per heavy atom. The average Bonchev–Trinajstić information content (AvgIpc) is 2.98. The average molecular weight is 399 g/mol. The van der Waals surface area contributed by atoms with Crippen molar-refractivity contribution in [2.75, 3.05) is 17.0 Å². The van der Waals surface area contributed by atoms with Crippen LogP contribution in [0.2, 0.25) is 0 Å². The van der Waals surface area contributed by atoms with E-state index in [0.29, 0.717) is 5.76 Å². The zero-order valence-corrected chi connectivity index (χ0v) is 16.0. The molecule has 2 N–H and O–H groups in total. The molecule has 142 valence electrons. The van der Waals surface area contributed by atoms with Gasteiger partial charge in [0.2, 0.25) is 20.0 Å². The molecule has 0 saturated carbocycles. The van der Waals surface area contributed by atoms with Crippen LogP contribution < -0.4 is 9.44 Å². The van der Waals surface area contributed by atoms with Gasteiger partial charge in [-0.05, 0) is 55.9 Å². The molecule has 2 aromatic rings. The van der Waals surface area contributed by atoms with Gasteiger partial charge in [0.05, 0.1) is 10.6 Å². The molecule has 1 aromatic carbocycles. The van der Waals surface area contributed by atoms with E-state index in [1.165, 1.54) is 11.6 Å². The summed E-state index contributed by atoms with van der Waals surface area (Å²) in [4.78, 5) is 0.163. The highest BCUT2D eigenvalue weighted by Gasteiger charge is 2.19. The third-order valence-corrected chi connectivity index (χ3v) is 6.90. The topological polar surface area (TPSA) is 118 Å². The predicted molar refractivity (Wildman–Crippen MR) is 96.9 cm³/mol. The maximum Gasteiger partial charge on any atom is 0.240 e. The van der Waals surface area contributed by atoms with Gasteiger partial charge < -0.3 is 4.52 Å². The van der Waals surface area contributed by atoms with E-state index >= 15 is 0 Å². The molecule has 1 aliphatic carbocycles. The van der Waals surface area contributed by atoms with Crippen LogP contribution in [0.4, 0.5) is 5.82 Å². The first kappa shape index (κ1) is 18.9. The van der Waals surface area contributed by atoms with Gasteiger partial charge in [-0.25, -0.2) is 21.6 Å². The van der Waals surface area contributed by atoms with Crippen LogP contribution in [0.1, 0.15) is 29.7 Å². The molecule has 0 amide bonds. The molecule has 0 aliphatic heterocycles. The van der Waals surface area contributed by atoms with Crippen molar-refractivity contribution in [2.24, 2.45) is 0 Å². The molecule has 0 fully saturated rings. The van der Waals surface area contributed by atoms with Crippen molar-refractivity contribution >= 4 is 25.9 Å². The van der Waals surface area contributed by atoms with E-state index in [9.17, 15) is 16.8 Å². The predicted octanol–water partition coefficient (Wildman–Crippen LogP) is 1.58. The van der Waals surface area contributed by atoms with Crippen LogP contribution in [0.5, 0.6) is 0 Å². The molecule has 8 nitrogen and oxygen atoms in total. The fourth-order valence-electron chi connectivity index (χ4n) is 2.90. The first-order valence-electron chi connectivity index (χ1n) is 8.30. The monoisotopic (exact) mass is 399 g/mol. The largest absolute Gasteiger partial charge is 0.360 e. The molecule has 1 heterocycles. The highest BCUT2D eigenvalue weighted by Crippen LogP contribution is 2.24. The van der Waals surface area contributed by atoms with Gasteiger partial charge in [0.15, 0.2) is 5.82 Å². The Morgan fingerprint density at radius 3 is 2.50 bits per heavy atom. The summed E-state index contributed by atoms with van der Waals surface area (Å²) in [5.41, 5.74) is 2.24. The number of nitrogens with one attached hydrogen (secondary N) is 2. The molecular weight excluding hydrogens is 378 g/mol. The Kier molecular flexibility index (Phi) is 5.35. The standard InChI is InChI=1S/C16H21N3O5S2/c1-12-10-16(18-24-12)19-25(20,21)9-8-17-26(22,23)15-7-6-13-4-2-3-5-14(13)11-15/h6-7,10-11,17H,2-5,8-9H2,1H3,(H,18,19). The molecule has 0 atom stereocenters. The highest BCUT2D eigenvalue weighted by atomic mass is 32.2. The second-order valence-electron chi connectivity index (χ2n) is 6.28. The highest BCUT2D eigenvalue weighted by molar-refractivity contribution is 7.92. The van der Waals surface area contributed by atoms with Crippen LogP contribution >= 0.6 is 0 Å². The summed E-state index contributed by atoms with van der Waals surface area (Å²) in [6, 6.07) is 6.53. The summed E-state index contributed by atoms with van der Waals surface area (Å²) in [5.74, 6) is 0.124. The lowest BCUT2D eigenvalue weighted by molar-refractivity contribution is 0.400. The van der Waals surface area contributed by atoms with Crippen molar-refractivity contribution in [1.29, 1.82) is 0 Å². The molecule has 10 heteroatoms. The lowest BCUT2D eigenvalue weighted by Gasteiger charge is -2.16. The normalized spacial score (nSPS) is 14.8. The molecule has 0 unspecified atom stereocenters. The van der Waals surface area contributed by atoms with Crippen LogP contribution in [0.25, 0.3) is 0 Å². The number of sulfonamides is 2. The van der Waals surface area contributed by atoms with E-state index < -0.39 is 25.8 Å². The number of nitrogens with zero attached hydrogens (tertiary/aromatic N) is 1. The maximum atomic E-state index is 12.4. The molecule has 1 aliphatic rings.